The molecular weight excluding hydrogens is 461 g/mol. The number of hydrogen-bond donors (Lipinski definition) is 1. The number of aromatic nitrogens is 4. The fourth-order valence-corrected chi connectivity index (χ4v) is 5.40. The average Bonchev–Trinajstić information content (AvgIpc) is 3.37. The zero-order valence-corrected chi connectivity index (χ0v) is 18.1. The van der Waals surface area contributed by atoms with Crippen molar-refractivity contribution in [1.82, 2.24) is 19.5 Å². The highest BCUT2D eigenvalue weighted by Gasteiger charge is 2.65. The second-order valence-electron chi connectivity index (χ2n) is 8.57. The molecule has 5 rings (SSSR count). The quantitative estimate of drug-likeness (QED) is 0.301. The van der Waals surface area contributed by atoms with Crippen LogP contribution in [0.4, 0.5) is 19.4 Å². The molecule has 0 spiro atoms. The van der Waals surface area contributed by atoms with Gasteiger partial charge in [-0.15, -0.1) is 0 Å². The lowest BCUT2D eigenvalue weighted by atomic mass is 9.84. The first kappa shape index (κ1) is 21.7. The molecule has 1 aromatic carbocycles. The van der Waals surface area contributed by atoms with Gasteiger partial charge in [-0.05, 0) is 61.9 Å². The number of H-pyrrole nitrogens is 1. The second kappa shape index (κ2) is 6.70. The van der Waals surface area contributed by atoms with E-state index in [1.54, 1.807) is 12.4 Å². The van der Waals surface area contributed by atoms with Gasteiger partial charge >= 0.3 is 10.2 Å². The Morgan fingerprint density at radius 2 is 1.73 bits per heavy atom. The number of imidazole rings is 1. The Balaban J connectivity index is 1.65. The predicted molar refractivity (Wildman–Crippen MR) is 117 cm³/mol. The van der Waals surface area contributed by atoms with Crippen LogP contribution < -0.4 is 0 Å². The van der Waals surface area contributed by atoms with Crippen LogP contribution in [0.2, 0.25) is 0 Å². The van der Waals surface area contributed by atoms with E-state index >= 15 is 0 Å². The smallest absolute Gasteiger partial charge is 0.310 e. The van der Waals surface area contributed by atoms with Crippen molar-refractivity contribution >= 4 is 32.3 Å². The highest BCUT2D eigenvalue weighted by atomic mass is 32.5. The molecule has 11 heteroatoms. The lowest BCUT2D eigenvalue weighted by Gasteiger charge is -2.40. The SMILES string of the molecule is N#CC[C@H]1CC[C@H](n2c(-c3ccc(S(F)(F)(F)(F)F)cc3)nc3cnc4[nH]ccc4c32)CC1. The summed E-state index contributed by atoms with van der Waals surface area (Å²) >= 11 is 0. The largest absolute Gasteiger partial charge is 0.346 e. The summed E-state index contributed by atoms with van der Waals surface area (Å²) in [6.07, 6.45) is 7.10. The number of halogens is 5. The Bertz CT molecular complexity index is 1390. The number of rotatable bonds is 4. The maximum atomic E-state index is 13.2. The Morgan fingerprint density at radius 3 is 2.36 bits per heavy atom. The molecule has 0 atom stereocenters. The molecule has 0 amide bonds. The highest BCUT2D eigenvalue weighted by molar-refractivity contribution is 8.45. The van der Waals surface area contributed by atoms with Gasteiger partial charge in [-0.25, -0.2) is 9.97 Å². The first-order chi connectivity index (χ1) is 15.4. The molecule has 1 fully saturated rings. The minimum Gasteiger partial charge on any atom is -0.346 e. The van der Waals surface area contributed by atoms with Crippen molar-refractivity contribution in [3.63, 3.8) is 0 Å². The number of benzene rings is 1. The van der Waals surface area contributed by atoms with E-state index in [0.29, 0.717) is 47.0 Å². The molecule has 1 N–H and O–H groups in total. The highest BCUT2D eigenvalue weighted by Crippen LogP contribution is 3.02. The summed E-state index contributed by atoms with van der Waals surface area (Å²) in [4.78, 5) is 10.1. The van der Waals surface area contributed by atoms with Crippen LogP contribution in [0.15, 0.2) is 47.6 Å². The molecule has 0 bridgehead atoms. The summed E-state index contributed by atoms with van der Waals surface area (Å²) in [6, 6.07) is 7.04. The maximum absolute atomic E-state index is 13.2. The van der Waals surface area contributed by atoms with E-state index in [4.69, 9.17) is 5.26 Å². The Labute approximate surface area is 186 Å². The van der Waals surface area contributed by atoms with Crippen molar-refractivity contribution in [2.45, 2.75) is 43.0 Å². The first-order valence-corrected chi connectivity index (χ1v) is 12.5. The standard InChI is InChI=1S/C22H20F5N5S/c23-33(24,25,26,27)17-7-3-15(4-8-17)22-31-19-13-30-21-18(10-12-29-21)20(19)32(22)16-5-1-14(2-6-16)9-11-28/h3-4,7-8,10,12-14,16H,1-2,5-6,9H2,(H,29,30)/t14-,16-. The molecule has 33 heavy (non-hydrogen) atoms. The zero-order valence-electron chi connectivity index (χ0n) is 17.3. The van der Waals surface area contributed by atoms with Crippen LogP contribution in [0.25, 0.3) is 33.5 Å². The fraction of sp³-hybridized carbons (Fsp3) is 0.318. The predicted octanol–water partition coefficient (Wildman–Crippen LogP) is 7.88. The summed E-state index contributed by atoms with van der Waals surface area (Å²) < 4.78 is 68.0. The van der Waals surface area contributed by atoms with Crippen molar-refractivity contribution < 1.29 is 19.4 Å². The Kier molecular flexibility index (Phi) is 4.40. The van der Waals surface area contributed by atoms with E-state index in [0.717, 1.165) is 48.7 Å². The molecule has 0 saturated heterocycles. The van der Waals surface area contributed by atoms with Crippen LogP contribution in [-0.4, -0.2) is 19.5 Å². The molecule has 0 aliphatic heterocycles. The van der Waals surface area contributed by atoms with Gasteiger partial charge < -0.3 is 9.55 Å². The number of fused-ring (bicyclic) bond motifs is 3. The molecule has 1 aliphatic carbocycles. The Hall–Kier alpha value is -3.13. The molecule has 1 aliphatic rings. The molecule has 174 valence electrons. The monoisotopic (exact) mass is 481 g/mol. The van der Waals surface area contributed by atoms with Crippen molar-refractivity contribution in [2.24, 2.45) is 5.92 Å². The van der Waals surface area contributed by atoms with Crippen molar-refractivity contribution in [1.29, 1.82) is 5.26 Å². The normalized spacial score (nSPS) is 21.6. The third-order valence-electron chi connectivity index (χ3n) is 6.35. The summed E-state index contributed by atoms with van der Waals surface area (Å²) in [5.41, 5.74) is 2.36. The van der Waals surface area contributed by atoms with Crippen molar-refractivity contribution in [2.75, 3.05) is 0 Å². The number of nitriles is 1. The molecule has 1 saturated carbocycles. The topological polar surface area (TPSA) is 70.3 Å². The molecule has 0 unspecified atom stereocenters. The number of nitrogens with zero attached hydrogens (tertiary/aromatic N) is 4. The third kappa shape index (κ3) is 3.93. The van der Waals surface area contributed by atoms with E-state index in [1.807, 2.05) is 10.6 Å². The summed E-state index contributed by atoms with van der Waals surface area (Å²) in [5.74, 6) is 0.730. The number of nitrogens with one attached hydrogen (secondary N) is 1. The second-order valence-corrected chi connectivity index (χ2v) is 11.0. The minimum atomic E-state index is -9.76. The molecule has 3 aromatic heterocycles. The fourth-order valence-electron chi connectivity index (χ4n) is 4.75. The van der Waals surface area contributed by atoms with Gasteiger partial charge in [0.05, 0.1) is 17.8 Å². The molecule has 3 heterocycles. The number of aromatic amines is 1. The molecule has 4 aromatic rings. The molecule has 5 nitrogen and oxygen atoms in total. The Morgan fingerprint density at radius 1 is 1.03 bits per heavy atom. The lowest BCUT2D eigenvalue weighted by Crippen LogP contribution is -2.19. The van der Waals surface area contributed by atoms with E-state index in [-0.39, 0.29) is 6.04 Å². The van der Waals surface area contributed by atoms with Gasteiger partial charge in [-0.3, -0.25) is 0 Å². The first-order valence-electron chi connectivity index (χ1n) is 10.5. The van der Waals surface area contributed by atoms with Gasteiger partial charge in [-0.1, -0.05) is 19.4 Å². The number of pyridine rings is 1. The molecular formula is C22H20F5N5S. The lowest BCUT2D eigenvalue weighted by molar-refractivity contribution is 0.283. The number of hydrogen-bond acceptors (Lipinski definition) is 3. The van der Waals surface area contributed by atoms with Crippen LogP contribution in [0, 0.1) is 17.2 Å². The summed E-state index contributed by atoms with van der Waals surface area (Å²) in [5, 5.41) is 9.83. The van der Waals surface area contributed by atoms with E-state index in [2.05, 4.69) is 21.0 Å². The van der Waals surface area contributed by atoms with Crippen LogP contribution in [0.5, 0.6) is 0 Å². The van der Waals surface area contributed by atoms with Crippen LogP contribution in [0.1, 0.15) is 38.1 Å². The van der Waals surface area contributed by atoms with Gasteiger partial charge in [-0.2, -0.15) is 5.26 Å². The third-order valence-corrected chi connectivity index (χ3v) is 7.52. The zero-order chi connectivity index (χ0) is 23.5. The van der Waals surface area contributed by atoms with Gasteiger partial charge in [0, 0.05) is 29.6 Å². The van der Waals surface area contributed by atoms with Crippen molar-refractivity contribution in [3.8, 4) is 17.5 Å². The van der Waals surface area contributed by atoms with E-state index in [9.17, 15) is 19.4 Å². The van der Waals surface area contributed by atoms with Crippen LogP contribution in [0.3, 0.4) is 0 Å². The summed E-state index contributed by atoms with van der Waals surface area (Å²) in [7, 11) is -9.76. The van der Waals surface area contributed by atoms with Crippen LogP contribution in [-0.2, 0) is 0 Å². The van der Waals surface area contributed by atoms with Gasteiger partial charge in [0.1, 0.15) is 21.9 Å². The van der Waals surface area contributed by atoms with E-state index in [1.165, 1.54) is 0 Å². The van der Waals surface area contributed by atoms with E-state index < -0.39 is 15.1 Å². The minimum absolute atomic E-state index is 0.00994. The molecule has 0 radical (unpaired) electrons. The summed E-state index contributed by atoms with van der Waals surface area (Å²) in [6.45, 7) is 0. The van der Waals surface area contributed by atoms with Gasteiger partial charge in [0.2, 0.25) is 0 Å². The van der Waals surface area contributed by atoms with Crippen molar-refractivity contribution in [3.05, 3.63) is 42.7 Å². The van der Waals surface area contributed by atoms with Gasteiger partial charge in [0.15, 0.2) is 0 Å². The van der Waals surface area contributed by atoms with Crippen LogP contribution >= 0.6 is 10.2 Å². The maximum Gasteiger partial charge on any atom is 0.310 e. The van der Waals surface area contributed by atoms with Gasteiger partial charge in [0.25, 0.3) is 0 Å². The average molecular weight is 481 g/mol.